The third-order valence-corrected chi connectivity index (χ3v) is 2.91. The first-order valence-corrected chi connectivity index (χ1v) is 5.46. The van der Waals surface area contributed by atoms with Crippen molar-refractivity contribution in [2.24, 2.45) is 0 Å². The van der Waals surface area contributed by atoms with E-state index in [0.29, 0.717) is 15.8 Å². The van der Waals surface area contributed by atoms with Crippen LogP contribution in [-0.2, 0) is 9.53 Å². The largest absolute Gasteiger partial charge is 0.382 e. The van der Waals surface area contributed by atoms with Gasteiger partial charge in [0.25, 0.3) is 0 Å². The number of hydrogen-bond donors (Lipinski definition) is 2. The lowest BCUT2D eigenvalue weighted by molar-refractivity contribution is -0.118. The van der Waals surface area contributed by atoms with Gasteiger partial charge in [0.2, 0.25) is 5.91 Å². The molecule has 86 valence electrons. The zero-order valence-electron chi connectivity index (χ0n) is 8.51. The molecule has 0 aromatic heterocycles. The smallest absolute Gasteiger partial charge is 0.249 e. The van der Waals surface area contributed by atoms with E-state index in [0.717, 1.165) is 0 Å². The van der Waals surface area contributed by atoms with Gasteiger partial charge in [-0.25, -0.2) is 4.39 Å². The summed E-state index contributed by atoms with van der Waals surface area (Å²) in [7, 11) is 1.52. The molecule has 0 saturated carbocycles. The summed E-state index contributed by atoms with van der Waals surface area (Å²) in [4.78, 5) is 11.6. The van der Waals surface area contributed by atoms with E-state index >= 15 is 0 Å². The van der Waals surface area contributed by atoms with Gasteiger partial charge in [-0.15, -0.1) is 0 Å². The molecular formula is C10H10BrFN2O2. The Labute approximate surface area is 100 Å². The first kappa shape index (κ1) is 11.3. The summed E-state index contributed by atoms with van der Waals surface area (Å²) in [5.41, 5.74) is 1.12. The van der Waals surface area contributed by atoms with Crippen LogP contribution in [0.1, 0.15) is 0 Å². The molecule has 1 aromatic carbocycles. The minimum atomic E-state index is -0.449. The van der Waals surface area contributed by atoms with Crippen LogP contribution in [-0.4, -0.2) is 25.7 Å². The van der Waals surface area contributed by atoms with Crippen LogP contribution < -0.4 is 10.6 Å². The first-order valence-electron chi connectivity index (χ1n) is 4.67. The summed E-state index contributed by atoms with van der Waals surface area (Å²) in [5.74, 6) is -0.637. The summed E-state index contributed by atoms with van der Waals surface area (Å²) >= 11 is 3.09. The quantitative estimate of drug-likeness (QED) is 0.875. The van der Waals surface area contributed by atoms with Crippen LogP contribution in [0.5, 0.6) is 0 Å². The molecule has 0 radical (unpaired) electrons. The van der Waals surface area contributed by atoms with Crippen molar-refractivity contribution in [3.63, 3.8) is 0 Å². The summed E-state index contributed by atoms with van der Waals surface area (Å²) in [6, 6.07) is 2.41. The predicted octanol–water partition coefficient (Wildman–Crippen LogP) is 1.97. The molecule has 1 heterocycles. The van der Waals surface area contributed by atoms with E-state index in [1.165, 1.54) is 13.2 Å². The molecule has 0 saturated heterocycles. The number of rotatable bonds is 2. The van der Waals surface area contributed by atoms with Crippen LogP contribution in [0.15, 0.2) is 16.6 Å². The lowest BCUT2D eigenvalue weighted by Crippen LogP contribution is -2.41. The van der Waals surface area contributed by atoms with Gasteiger partial charge in [-0.3, -0.25) is 4.79 Å². The third kappa shape index (κ3) is 2.03. The van der Waals surface area contributed by atoms with E-state index in [1.54, 1.807) is 6.07 Å². The average Bonchev–Trinajstić information content (AvgIpc) is 2.23. The molecule has 4 nitrogen and oxygen atoms in total. The number of nitrogens with one attached hydrogen (secondary N) is 2. The molecule has 0 bridgehead atoms. The zero-order valence-corrected chi connectivity index (χ0v) is 10.1. The number of carbonyl (C=O) groups excluding carboxylic acids is 1. The molecule has 0 aliphatic carbocycles. The summed E-state index contributed by atoms with van der Waals surface area (Å²) < 4.78 is 18.5. The lowest BCUT2D eigenvalue weighted by Gasteiger charge is -2.26. The van der Waals surface area contributed by atoms with Gasteiger partial charge >= 0.3 is 0 Å². The molecule has 6 heteroatoms. The van der Waals surface area contributed by atoms with Gasteiger partial charge < -0.3 is 15.4 Å². The van der Waals surface area contributed by atoms with Gasteiger partial charge in [-0.2, -0.15) is 0 Å². The van der Waals surface area contributed by atoms with Crippen molar-refractivity contribution in [1.29, 1.82) is 0 Å². The van der Waals surface area contributed by atoms with Crippen LogP contribution in [0, 0.1) is 5.82 Å². The summed E-state index contributed by atoms with van der Waals surface area (Å²) in [6.45, 7) is 0.264. The van der Waals surface area contributed by atoms with Gasteiger partial charge in [0.15, 0.2) is 0 Å². The molecule has 16 heavy (non-hydrogen) atoms. The number of fused-ring (bicyclic) bond motifs is 1. The van der Waals surface area contributed by atoms with Crippen molar-refractivity contribution in [3.05, 3.63) is 22.4 Å². The Morgan fingerprint density at radius 3 is 2.94 bits per heavy atom. The number of carbonyl (C=O) groups is 1. The van der Waals surface area contributed by atoms with E-state index in [9.17, 15) is 9.18 Å². The Bertz CT molecular complexity index is 439. The molecule has 0 spiro atoms. The van der Waals surface area contributed by atoms with Gasteiger partial charge in [0, 0.05) is 13.2 Å². The normalized spacial score (nSPS) is 18.7. The molecule has 1 aromatic rings. The number of hydrogen-bond acceptors (Lipinski definition) is 3. The highest BCUT2D eigenvalue weighted by Crippen LogP contribution is 2.31. The van der Waals surface area contributed by atoms with Crippen molar-refractivity contribution in [2.75, 3.05) is 24.4 Å². The van der Waals surface area contributed by atoms with Gasteiger partial charge in [-0.05, 0) is 22.0 Å². The molecule has 1 unspecified atom stereocenters. The monoisotopic (exact) mass is 288 g/mol. The molecule has 0 fully saturated rings. The van der Waals surface area contributed by atoms with Gasteiger partial charge in [0.1, 0.15) is 11.9 Å². The molecule has 1 aliphatic rings. The number of amides is 1. The molecule has 1 atom stereocenters. The van der Waals surface area contributed by atoms with E-state index in [4.69, 9.17) is 4.74 Å². The SMILES string of the molecule is COCC1Nc2cc(Br)c(F)cc2NC1=O. The zero-order chi connectivity index (χ0) is 11.7. The van der Waals surface area contributed by atoms with Crippen LogP contribution in [0.25, 0.3) is 0 Å². The highest BCUT2D eigenvalue weighted by molar-refractivity contribution is 9.10. The Morgan fingerprint density at radius 1 is 1.50 bits per heavy atom. The summed E-state index contributed by atoms with van der Waals surface area (Å²) in [5, 5.41) is 5.60. The molecule has 1 amide bonds. The number of ether oxygens (including phenoxy) is 1. The highest BCUT2D eigenvalue weighted by Gasteiger charge is 2.26. The molecule has 1 aliphatic heterocycles. The highest BCUT2D eigenvalue weighted by atomic mass is 79.9. The second kappa shape index (κ2) is 4.39. The standard InChI is InChI=1S/C10H10BrFN2O2/c1-16-4-9-10(15)14-8-3-6(12)5(11)2-7(8)13-9/h2-3,9,13H,4H2,1H3,(H,14,15). The number of halogens is 2. The minimum absolute atomic E-state index is 0.226. The maximum absolute atomic E-state index is 13.2. The number of methoxy groups -OCH3 is 1. The fourth-order valence-corrected chi connectivity index (χ4v) is 1.87. The van der Waals surface area contributed by atoms with Crippen molar-refractivity contribution >= 4 is 33.2 Å². The maximum Gasteiger partial charge on any atom is 0.249 e. The predicted molar refractivity (Wildman–Crippen MR) is 62.0 cm³/mol. The van der Waals surface area contributed by atoms with Gasteiger partial charge in [-0.1, -0.05) is 0 Å². The Morgan fingerprint density at radius 2 is 2.25 bits per heavy atom. The summed E-state index contributed by atoms with van der Waals surface area (Å²) in [6.07, 6.45) is 0. The molecular weight excluding hydrogens is 279 g/mol. The molecule has 2 N–H and O–H groups in total. The van der Waals surface area contributed by atoms with E-state index in [2.05, 4.69) is 26.6 Å². The Hall–Kier alpha value is -1.14. The van der Waals surface area contributed by atoms with E-state index in [1.807, 2.05) is 0 Å². The minimum Gasteiger partial charge on any atom is -0.382 e. The fraction of sp³-hybridized carbons (Fsp3) is 0.300. The van der Waals surface area contributed by atoms with Crippen molar-refractivity contribution < 1.29 is 13.9 Å². The Kier molecular flexibility index (Phi) is 3.11. The topological polar surface area (TPSA) is 50.4 Å². The van der Waals surface area contributed by atoms with Gasteiger partial charge in [0.05, 0.1) is 22.5 Å². The Balaban J connectivity index is 2.32. The number of benzene rings is 1. The second-order valence-corrected chi connectivity index (χ2v) is 4.31. The third-order valence-electron chi connectivity index (χ3n) is 2.30. The van der Waals surface area contributed by atoms with Crippen LogP contribution >= 0.6 is 15.9 Å². The van der Waals surface area contributed by atoms with Crippen molar-refractivity contribution in [1.82, 2.24) is 0 Å². The van der Waals surface area contributed by atoms with Crippen LogP contribution in [0.3, 0.4) is 0 Å². The number of anilines is 2. The fourth-order valence-electron chi connectivity index (χ4n) is 1.53. The van der Waals surface area contributed by atoms with Crippen molar-refractivity contribution in [3.8, 4) is 0 Å². The average molecular weight is 289 g/mol. The lowest BCUT2D eigenvalue weighted by atomic mass is 10.1. The molecule has 2 rings (SSSR count). The maximum atomic E-state index is 13.2. The van der Waals surface area contributed by atoms with E-state index < -0.39 is 11.9 Å². The first-order chi connectivity index (χ1) is 7.61. The second-order valence-electron chi connectivity index (χ2n) is 3.45. The van der Waals surface area contributed by atoms with Crippen molar-refractivity contribution in [2.45, 2.75) is 6.04 Å². The van der Waals surface area contributed by atoms with Crippen LogP contribution in [0.2, 0.25) is 0 Å². The van der Waals surface area contributed by atoms with Crippen LogP contribution in [0.4, 0.5) is 15.8 Å². The van der Waals surface area contributed by atoms with E-state index in [-0.39, 0.29) is 12.5 Å².